The van der Waals surface area contributed by atoms with Gasteiger partial charge in [-0.25, -0.2) is 4.98 Å². The van der Waals surface area contributed by atoms with Gasteiger partial charge in [0.1, 0.15) is 10.8 Å². The van der Waals surface area contributed by atoms with Crippen LogP contribution in [0.25, 0.3) is 0 Å². The average Bonchev–Trinajstić information content (AvgIpc) is 2.60. The van der Waals surface area contributed by atoms with Crippen molar-refractivity contribution in [1.82, 2.24) is 20.1 Å². The number of rotatable bonds is 6. The van der Waals surface area contributed by atoms with Crippen LogP contribution >= 0.6 is 23.2 Å². The minimum atomic E-state index is -0.242. The number of hydrogen-bond donors (Lipinski definition) is 1. The molecule has 0 unspecified atom stereocenters. The fourth-order valence-electron chi connectivity index (χ4n) is 3.45. The Hall–Kier alpha value is -1.37. The molecule has 1 fully saturated rings. The van der Waals surface area contributed by atoms with E-state index in [-0.39, 0.29) is 39.0 Å². The lowest BCUT2D eigenvalue weighted by molar-refractivity contribution is -0.126. The number of carbonyl (C=O) groups excluding carboxylic acids is 2. The number of pyridine rings is 1. The maximum Gasteiger partial charge on any atom is 0.274 e. The number of halogens is 2. The van der Waals surface area contributed by atoms with Crippen LogP contribution in [0.5, 0.6) is 0 Å². The van der Waals surface area contributed by atoms with Gasteiger partial charge in [0.05, 0.1) is 5.02 Å². The summed E-state index contributed by atoms with van der Waals surface area (Å²) in [6, 6.07) is 3.12. The predicted octanol–water partition coefficient (Wildman–Crippen LogP) is 2.94. The maximum absolute atomic E-state index is 12.6. The van der Waals surface area contributed by atoms with Crippen molar-refractivity contribution in [2.45, 2.75) is 26.7 Å². The van der Waals surface area contributed by atoms with E-state index in [9.17, 15) is 9.59 Å². The van der Waals surface area contributed by atoms with Crippen LogP contribution in [0, 0.1) is 11.3 Å². The van der Waals surface area contributed by atoms with Gasteiger partial charge >= 0.3 is 0 Å². The summed E-state index contributed by atoms with van der Waals surface area (Å²) in [5.41, 5.74) is 0.169. The second kappa shape index (κ2) is 9.22. The Bertz CT molecular complexity index is 686. The number of hydrogen-bond acceptors (Lipinski definition) is 4. The molecule has 8 heteroatoms. The Balaban J connectivity index is 1.86. The molecule has 0 atom stereocenters. The third kappa shape index (κ3) is 6.33. The van der Waals surface area contributed by atoms with Gasteiger partial charge in [-0.15, -0.1) is 0 Å². The van der Waals surface area contributed by atoms with E-state index in [4.69, 9.17) is 23.2 Å². The lowest BCUT2D eigenvalue weighted by Gasteiger charge is -2.33. The smallest absolute Gasteiger partial charge is 0.274 e. The highest BCUT2D eigenvalue weighted by Gasteiger charge is 2.30. The predicted molar refractivity (Wildman–Crippen MR) is 108 cm³/mol. The second-order valence-electron chi connectivity index (χ2n) is 8.15. The molecule has 2 amide bonds. The number of likely N-dealkylation sites (tertiary alicyclic amines) is 1. The molecule has 0 aliphatic carbocycles. The van der Waals surface area contributed by atoms with Crippen LogP contribution in [0.4, 0.5) is 0 Å². The molecule has 0 bridgehead atoms. The summed E-state index contributed by atoms with van der Waals surface area (Å²) in [6.45, 7) is 6.80. The first-order chi connectivity index (χ1) is 12.6. The molecule has 6 nitrogen and oxygen atoms in total. The number of piperidine rings is 1. The molecule has 1 aromatic rings. The number of aromatic nitrogens is 1. The molecule has 1 aliphatic rings. The van der Waals surface area contributed by atoms with Crippen molar-refractivity contribution in [3.05, 3.63) is 28.0 Å². The van der Waals surface area contributed by atoms with Crippen molar-refractivity contribution in [1.29, 1.82) is 0 Å². The van der Waals surface area contributed by atoms with Gasteiger partial charge in [0.2, 0.25) is 5.91 Å². The summed E-state index contributed by atoms with van der Waals surface area (Å²) in [6.07, 6.45) is 1.26. The fourth-order valence-corrected chi connectivity index (χ4v) is 3.78. The highest BCUT2D eigenvalue weighted by atomic mass is 35.5. The van der Waals surface area contributed by atoms with Crippen molar-refractivity contribution in [3.8, 4) is 0 Å². The van der Waals surface area contributed by atoms with Crippen LogP contribution in [0.2, 0.25) is 10.2 Å². The van der Waals surface area contributed by atoms with Gasteiger partial charge in [-0.1, -0.05) is 37.0 Å². The summed E-state index contributed by atoms with van der Waals surface area (Å²) >= 11 is 11.9. The summed E-state index contributed by atoms with van der Waals surface area (Å²) < 4.78 is 0. The minimum absolute atomic E-state index is 0.00479. The third-order valence-electron chi connectivity index (χ3n) is 4.65. The number of carbonyl (C=O) groups is 2. The molecule has 1 N–H and O–H groups in total. The molecule has 27 heavy (non-hydrogen) atoms. The van der Waals surface area contributed by atoms with Crippen LogP contribution in [0.3, 0.4) is 0 Å². The van der Waals surface area contributed by atoms with Gasteiger partial charge in [-0.05, 0) is 44.5 Å². The van der Waals surface area contributed by atoms with E-state index >= 15 is 0 Å². The highest BCUT2D eigenvalue weighted by Crippen LogP contribution is 2.23. The van der Waals surface area contributed by atoms with Gasteiger partial charge in [0.15, 0.2) is 0 Å². The van der Waals surface area contributed by atoms with E-state index in [0.29, 0.717) is 32.5 Å². The van der Waals surface area contributed by atoms with E-state index in [1.807, 2.05) is 14.1 Å². The van der Waals surface area contributed by atoms with Crippen molar-refractivity contribution in [2.24, 2.45) is 11.3 Å². The standard InChI is InChI=1S/C19H28Cl2N4O2/c1-19(2,12-24(3)4)11-22-17(26)13-7-9-25(10-8-13)18(27)16-14(20)5-6-15(21)23-16/h5-6,13H,7-12H2,1-4H3,(H,22,26). The van der Waals surface area contributed by atoms with E-state index in [1.165, 1.54) is 0 Å². The minimum Gasteiger partial charge on any atom is -0.355 e. The summed E-state index contributed by atoms with van der Waals surface area (Å²) in [5.74, 6) is -0.256. The molecular formula is C19H28Cl2N4O2. The summed E-state index contributed by atoms with van der Waals surface area (Å²) in [4.78, 5) is 33.0. The summed E-state index contributed by atoms with van der Waals surface area (Å²) in [7, 11) is 4.05. The number of nitrogens with one attached hydrogen (secondary N) is 1. The second-order valence-corrected chi connectivity index (χ2v) is 8.95. The quantitative estimate of drug-likeness (QED) is 0.726. The van der Waals surface area contributed by atoms with Gasteiger partial charge < -0.3 is 15.1 Å². The first-order valence-electron chi connectivity index (χ1n) is 9.13. The van der Waals surface area contributed by atoms with Gasteiger partial charge in [-0.2, -0.15) is 0 Å². The SMILES string of the molecule is CN(C)CC(C)(C)CNC(=O)C1CCN(C(=O)c2nc(Cl)ccc2Cl)CC1. The fraction of sp³-hybridized carbons (Fsp3) is 0.632. The third-order valence-corrected chi connectivity index (χ3v) is 5.17. The molecule has 0 aromatic carbocycles. The lowest BCUT2D eigenvalue weighted by atomic mass is 9.91. The van der Waals surface area contributed by atoms with E-state index in [1.54, 1.807) is 17.0 Å². The first kappa shape index (κ1) is 21.9. The molecule has 150 valence electrons. The van der Waals surface area contributed by atoms with E-state index in [2.05, 4.69) is 29.0 Å². The van der Waals surface area contributed by atoms with Gasteiger partial charge in [0, 0.05) is 32.1 Å². The summed E-state index contributed by atoms with van der Waals surface area (Å²) in [5, 5.41) is 3.59. The zero-order valence-electron chi connectivity index (χ0n) is 16.4. The Morgan fingerprint density at radius 2 is 1.89 bits per heavy atom. The van der Waals surface area contributed by atoms with E-state index in [0.717, 1.165) is 6.54 Å². The number of nitrogens with zero attached hydrogens (tertiary/aromatic N) is 3. The van der Waals surface area contributed by atoms with Crippen molar-refractivity contribution in [3.63, 3.8) is 0 Å². The number of amides is 2. The zero-order chi connectivity index (χ0) is 20.2. The van der Waals surface area contributed by atoms with Crippen molar-refractivity contribution in [2.75, 3.05) is 40.3 Å². The molecule has 2 heterocycles. The monoisotopic (exact) mass is 414 g/mol. The normalized spacial score (nSPS) is 15.9. The van der Waals surface area contributed by atoms with Crippen molar-refractivity contribution >= 4 is 35.0 Å². The maximum atomic E-state index is 12.6. The van der Waals surface area contributed by atoms with Crippen LogP contribution in [-0.4, -0.2) is 66.9 Å². The Morgan fingerprint density at radius 3 is 2.48 bits per heavy atom. The zero-order valence-corrected chi connectivity index (χ0v) is 17.9. The Labute approximate surface area is 171 Å². The molecule has 1 aromatic heterocycles. The molecule has 0 radical (unpaired) electrons. The lowest BCUT2D eigenvalue weighted by Crippen LogP contribution is -2.46. The topological polar surface area (TPSA) is 65.5 Å². The molecular weight excluding hydrogens is 387 g/mol. The first-order valence-corrected chi connectivity index (χ1v) is 9.88. The van der Waals surface area contributed by atoms with Crippen LogP contribution < -0.4 is 5.32 Å². The van der Waals surface area contributed by atoms with Crippen molar-refractivity contribution < 1.29 is 9.59 Å². The van der Waals surface area contributed by atoms with E-state index < -0.39 is 0 Å². The van der Waals surface area contributed by atoms with Gasteiger partial charge in [-0.3, -0.25) is 9.59 Å². The Kier molecular flexibility index (Phi) is 7.48. The van der Waals surface area contributed by atoms with Crippen LogP contribution in [-0.2, 0) is 4.79 Å². The molecule has 0 saturated carbocycles. The average molecular weight is 415 g/mol. The molecule has 2 rings (SSSR count). The Morgan fingerprint density at radius 1 is 1.26 bits per heavy atom. The molecule has 1 saturated heterocycles. The van der Waals surface area contributed by atoms with Crippen LogP contribution in [0.1, 0.15) is 37.2 Å². The largest absolute Gasteiger partial charge is 0.355 e. The van der Waals surface area contributed by atoms with Gasteiger partial charge in [0.25, 0.3) is 5.91 Å². The molecule has 1 aliphatic heterocycles. The van der Waals surface area contributed by atoms with Crippen LogP contribution in [0.15, 0.2) is 12.1 Å². The molecule has 0 spiro atoms. The highest BCUT2D eigenvalue weighted by molar-refractivity contribution is 6.34.